The third kappa shape index (κ3) is 3.21. The number of imidazole rings is 1. The first-order valence-corrected chi connectivity index (χ1v) is 8.06. The quantitative estimate of drug-likeness (QED) is 0.839. The molecular weight excluding hydrogens is 306 g/mol. The van der Waals surface area contributed by atoms with Gasteiger partial charge in [0, 0.05) is 24.8 Å². The Morgan fingerprint density at radius 3 is 2.83 bits per heavy atom. The molecule has 1 aliphatic heterocycles. The van der Waals surface area contributed by atoms with Gasteiger partial charge in [0.1, 0.15) is 12.1 Å². The summed E-state index contributed by atoms with van der Waals surface area (Å²) in [6.45, 7) is 1.89. The molecule has 0 aliphatic carbocycles. The SMILES string of the molecule is COc1ccc(-c2cn(C(=O)N(C)C3CCNCC3)cn2)cc1N. The maximum atomic E-state index is 12.6. The highest BCUT2D eigenvalue weighted by molar-refractivity contribution is 5.78. The minimum absolute atomic E-state index is 0.0675. The number of benzene rings is 1. The molecule has 0 spiro atoms. The lowest BCUT2D eigenvalue weighted by Crippen LogP contribution is -2.45. The van der Waals surface area contributed by atoms with Crippen molar-refractivity contribution in [1.82, 2.24) is 19.8 Å². The van der Waals surface area contributed by atoms with Crippen LogP contribution < -0.4 is 15.8 Å². The highest BCUT2D eigenvalue weighted by Gasteiger charge is 2.23. The molecule has 1 aromatic heterocycles. The molecule has 1 aromatic carbocycles. The molecule has 0 saturated carbocycles. The van der Waals surface area contributed by atoms with Gasteiger partial charge in [-0.25, -0.2) is 9.78 Å². The number of nitrogens with one attached hydrogen (secondary N) is 1. The van der Waals surface area contributed by atoms with Crippen LogP contribution >= 0.6 is 0 Å². The highest BCUT2D eigenvalue weighted by Crippen LogP contribution is 2.27. The van der Waals surface area contributed by atoms with Gasteiger partial charge in [-0.15, -0.1) is 0 Å². The number of nitrogens with two attached hydrogens (primary N) is 1. The average molecular weight is 329 g/mol. The van der Waals surface area contributed by atoms with Gasteiger partial charge in [0.05, 0.1) is 18.5 Å². The third-order valence-electron chi connectivity index (χ3n) is 4.49. The molecular formula is C17H23N5O2. The number of piperidine rings is 1. The van der Waals surface area contributed by atoms with Crippen molar-refractivity contribution in [2.75, 3.05) is 33.0 Å². The number of carbonyl (C=O) groups is 1. The fraction of sp³-hybridized carbons (Fsp3) is 0.412. The number of carbonyl (C=O) groups excluding carboxylic acids is 1. The number of hydrogen-bond donors (Lipinski definition) is 2. The van der Waals surface area contributed by atoms with E-state index in [4.69, 9.17) is 10.5 Å². The topological polar surface area (TPSA) is 85.4 Å². The standard InChI is InChI=1S/C17H23N5O2/c1-21(13-5-7-19-8-6-13)17(23)22-10-15(20-11-22)12-3-4-16(24-2)14(18)9-12/h3-4,9-11,13,19H,5-8,18H2,1-2H3. The van der Waals surface area contributed by atoms with Crippen molar-refractivity contribution >= 4 is 11.7 Å². The van der Waals surface area contributed by atoms with Crippen molar-refractivity contribution < 1.29 is 9.53 Å². The van der Waals surface area contributed by atoms with Crippen LogP contribution in [-0.4, -0.2) is 53.8 Å². The number of aromatic nitrogens is 2. The van der Waals surface area contributed by atoms with Crippen molar-refractivity contribution in [3.63, 3.8) is 0 Å². The molecule has 0 atom stereocenters. The zero-order valence-corrected chi connectivity index (χ0v) is 14.0. The summed E-state index contributed by atoms with van der Waals surface area (Å²) in [5.41, 5.74) is 8.04. The van der Waals surface area contributed by atoms with Gasteiger partial charge in [0.25, 0.3) is 0 Å². The van der Waals surface area contributed by atoms with Crippen LogP contribution in [0.15, 0.2) is 30.7 Å². The number of rotatable bonds is 3. The summed E-state index contributed by atoms with van der Waals surface area (Å²) in [4.78, 5) is 18.8. The van der Waals surface area contributed by atoms with Crippen LogP contribution in [0, 0.1) is 0 Å². The van der Waals surface area contributed by atoms with Crippen molar-refractivity contribution in [2.45, 2.75) is 18.9 Å². The first kappa shape index (κ1) is 16.3. The van der Waals surface area contributed by atoms with Crippen LogP contribution in [0.4, 0.5) is 10.5 Å². The number of nitrogen functional groups attached to an aromatic ring is 1. The number of anilines is 1. The molecule has 7 nitrogen and oxygen atoms in total. The maximum Gasteiger partial charge on any atom is 0.329 e. The van der Waals surface area contributed by atoms with Crippen LogP contribution in [0.5, 0.6) is 5.75 Å². The Morgan fingerprint density at radius 1 is 1.42 bits per heavy atom. The van der Waals surface area contributed by atoms with E-state index >= 15 is 0 Å². The maximum absolute atomic E-state index is 12.6. The van der Waals surface area contributed by atoms with Gasteiger partial charge in [-0.3, -0.25) is 4.57 Å². The Kier molecular flexibility index (Phi) is 4.71. The van der Waals surface area contributed by atoms with Crippen LogP contribution in [0.25, 0.3) is 11.3 Å². The van der Waals surface area contributed by atoms with Crippen molar-refractivity contribution in [3.8, 4) is 17.0 Å². The van der Waals surface area contributed by atoms with Crippen LogP contribution in [-0.2, 0) is 0 Å². The van der Waals surface area contributed by atoms with Gasteiger partial charge >= 0.3 is 6.03 Å². The van der Waals surface area contributed by atoms with E-state index in [-0.39, 0.29) is 12.1 Å². The molecule has 1 saturated heterocycles. The first-order chi connectivity index (χ1) is 11.6. The van der Waals surface area contributed by atoms with E-state index in [1.807, 2.05) is 13.1 Å². The zero-order valence-electron chi connectivity index (χ0n) is 14.0. The highest BCUT2D eigenvalue weighted by atomic mass is 16.5. The summed E-state index contributed by atoms with van der Waals surface area (Å²) in [6.07, 6.45) is 5.23. The van der Waals surface area contributed by atoms with E-state index in [2.05, 4.69) is 10.3 Å². The molecule has 3 rings (SSSR count). The van der Waals surface area contributed by atoms with Crippen LogP contribution in [0.1, 0.15) is 12.8 Å². The summed E-state index contributed by atoms with van der Waals surface area (Å²) < 4.78 is 6.69. The summed E-state index contributed by atoms with van der Waals surface area (Å²) in [6, 6.07) is 5.67. The molecule has 1 fully saturated rings. The number of hydrogen-bond acceptors (Lipinski definition) is 5. The largest absolute Gasteiger partial charge is 0.495 e. The number of nitrogens with zero attached hydrogens (tertiary/aromatic N) is 3. The summed E-state index contributed by atoms with van der Waals surface area (Å²) in [7, 11) is 3.43. The lowest BCUT2D eigenvalue weighted by Gasteiger charge is -2.31. The molecule has 128 valence electrons. The van der Waals surface area contributed by atoms with Gasteiger partial charge in [0.15, 0.2) is 0 Å². The summed E-state index contributed by atoms with van der Waals surface area (Å²) in [5, 5.41) is 3.31. The second-order valence-corrected chi connectivity index (χ2v) is 6.00. The molecule has 0 radical (unpaired) electrons. The zero-order chi connectivity index (χ0) is 17.1. The molecule has 0 bridgehead atoms. The fourth-order valence-electron chi connectivity index (χ4n) is 3.00. The predicted molar refractivity (Wildman–Crippen MR) is 93.1 cm³/mol. The van der Waals surface area contributed by atoms with Crippen molar-refractivity contribution in [1.29, 1.82) is 0 Å². The van der Waals surface area contributed by atoms with E-state index < -0.39 is 0 Å². The van der Waals surface area contributed by atoms with Gasteiger partial charge in [-0.05, 0) is 44.1 Å². The molecule has 1 aliphatic rings. The number of amides is 1. The van der Waals surface area contributed by atoms with Gasteiger partial charge in [-0.1, -0.05) is 0 Å². The predicted octanol–water partition coefficient (Wildman–Crippen LogP) is 1.79. The van der Waals surface area contributed by atoms with Crippen molar-refractivity contribution in [2.24, 2.45) is 0 Å². The second kappa shape index (κ2) is 6.92. The van der Waals surface area contributed by atoms with E-state index in [9.17, 15) is 4.79 Å². The normalized spacial score (nSPS) is 15.2. The molecule has 0 unspecified atom stereocenters. The summed E-state index contributed by atoms with van der Waals surface area (Å²) >= 11 is 0. The Balaban J connectivity index is 1.77. The molecule has 7 heteroatoms. The lowest BCUT2D eigenvalue weighted by molar-refractivity contribution is 0.178. The number of ether oxygens (including phenoxy) is 1. The minimum Gasteiger partial charge on any atom is -0.495 e. The third-order valence-corrected chi connectivity index (χ3v) is 4.49. The van der Waals surface area contributed by atoms with Gasteiger partial charge in [0.2, 0.25) is 0 Å². The van der Waals surface area contributed by atoms with E-state index in [1.54, 1.807) is 36.7 Å². The molecule has 1 amide bonds. The second-order valence-electron chi connectivity index (χ2n) is 6.00. The van der Waals surface area contributed by atoms with Crippen LogP contribution in [0.2, 0.25) is 0 Å². The van der Waals surface area contributed by atoms with E-state index in [0.29, 0.717) is 17.1 Å². The molecule has 2 aromatic rings. The Labute approximate surface area is 141 Å². The van der Waals surface area contributed by atoms with Crippen LogP contribution in [0.3, 0.4) is 0 Å². The van der Waals surface area contributed by atoms with E-state index in [1.165, 1.54) is 4.57 Å². The Hall–Kier alpha value is -2.54. The average Bonchev–Trinajstić information content (AvgIpc) is 3.11. The van der Waals surface area contributed by atoms with Crippen molar-refractivity contribution in [3.05, 3.63) is 30.7 Å². The lowest BCUT2D eigenvalue weighted by atomic mass is 10.1. The van der Waals surface area contributed by atoms with Gasteiger partial charge in [-0.2, -0.15) is 0 Å². The minimum atomic E-state index is -0.0675. The van der Waals surface area contributed by atoms with E-state index in [0.717, 1.165) is 31.5 Å². The summed E-state index contributed by atoms with van der Waals surface area (Å²) in [5.74, 6) is 0.625. The van der Waals surface area contributed by atoms with Gasteiger partial charge < -0.3 is 20.7 Å². The first-order valence-electron chi connectivity index (χ1n) is 8.06. The number of methoxy groups -OCH3 is 1. The Bertz CT molecular complexity index is 722. The Morgan fingerprint density at radius 2 is 2.17 bits per heavy atom. The monoisotopic (exact) mass is 329 g/mol. The molecule has 2 heterocycles. The molecule has 24 heavy (non-hydrogen) atoms. The molecule has 3 N–H and O–H groups in total. The smallest absolute Gasteiger partial charge is 0.329 e. The fourth-order valence-corrected chi connectivity index (χ4v) is 3.00.